The van der Waals surface area contributed by atoms with Crippen LogP contribution >= 0.6 is 0 Å². The Kier molecular flexibility index (Phi) is 5.31. The van der Waals surface area contributed by atoms with E-state index in [0.717, 1.165) is 28.3 Å². The molecule has 1 aromatic heterocycles. The monoisotopic (exact) mass is 540 g/mol. The van der Waals surface area contributed by atoms with Crippen LogP contribution in [0.25, 0.3) is 66.6 Å². The van der Waals surface area contributed by atoms with Crippen LogP contribution in [0, 0.1) is 0 Å². The zero-order chi connectivity index (χ0) is 27.6. The van der Waals surface area contributed by atoms with E-state index in [9.17, 15) is 0 Å². The lowest BCUT2D eigenvalue weighted by molar-refractivity contribution is 1.21. The molecule has 6 aromatic carbocycles. The number of hydrogen-bond acceptors (Lipinski definition) is 2. The third-order valence-electron chi connectivity index (χ3n) is 8.62. The maximum atomic E-state index is 5.44. The maximum Gasteiger partial charge on any atom is 0.161 e. The molecule has 0 saturated heterocycles. The van der Waals surface area contributed by atoms with Crippen molar-refractivity contribution in [1.82, 2.24) is 9.97 Å². The van der Waals surface area contributed by atoms with Crippen LogP contribution in [0.5, 0.6) is 0 Å². The van der Waals surface area contributed by atoms with Gasteiger partial charge in [0.25, 0.3) is 0 Å². The highest BCUT2D eigenvalue weighted by molar-refractivity contribution is 7.04. The Balaban J connectivity index is 1.45. The van der Waals surface area contributed by atoms with Gasteiger partial charge in [-0.2, -0.15) is 0 Å². The molecule has 0 radical (unpaired) electrons. The SMILES string of the molecule is C[Si]1(C)c2cc3ccccc3cc2-c2nc(-c3cccc4ccccc34)nc(-c3cccc(-c4ccccc4)c3)c21. The van der Waals surface area contributed by atoms with Crippen LogP contribution in [0.2, 0.25) is 13.1 Å². The van der Waals surface area contributed by atoms with Crippen molar-refractivity contribution in [2.24, 2.45) is 0 Å². The van der Waals surface area contributed by atoms with E-state index in [-0.39, 0.29) is 0 Å². The van der Waals surface area contributed by atoms with Gasteiger partial charge in [0.05, 0.1) is 11.4 Å². The van der Waals surface area contributed by atoms with E-state index in [1.165, 1.54) is 48.6 Å². The summed E-state index contributed by atoms with van der Waals surface area (Å²) in [5.74, 6) is 0.784. The molecule has 3 heteroatoms. The summed E-state index contributed by atoms with van der Waals surface area (Å²) in [6.07, 6.45) is 0. The molecule has 1 aliphatic heterocycles. The minimum absolute atomic E-state index is 0.784. The summed E-state index contributed by atoms with van der Waals surface area (Å²) >= 11 is 0. The van der Waals surface area contributed by atoms with E-state index in [4.69, 9.17) is 9.97 Å². The summed E-state index contributed by atoms with van der Waals surface area (Å²) in [4.78, 5) is 10.8. The lowest BCUT2D eigenvalue weighted by Crippen LogP contribution is -2.50. The highest BCUT2D eigenvalue weighted by Crippen LogP contribution is 2.37. The molecule has 2 nitrogen and oxygen atoms in total. The van der Waals surface area contributed by atoms with Crippen molar-refractivity contribution in [3.63, 3.8) is 0 Å². The molecule has 194 valence electrons. The van der Waals surface area contributed by atoms with Gasteiger partial charge in [-0.3, -0.25) is 0 Å². The Bertz CT molecular complexity index is 2120. The van der Waals surface area contributed by atoms with Crippen molar-refractivity contribution >= 4 is 40.0 Å². The molecule has 8 rings (SSSR count). The Morgan fingerprint density at radius 3 is 1.90 bits per heavy atom. The topological polar surface area (TPSA) is 25.8 Å². The molecule has 0 bridgehead atoms. The minimum atomic E-state index is -2.13. The molecule has 41 heavy (non-hydrogen) atoms. The van der Waals surface area contributed by atoms with Crippen molar-refractivity contribution in [2.75, 3.05) is 0 Å². The van der Waals surface area contributed by atoms with Crippen molar-refractivity contribution in [3.05, 3.63) is 133 Å². The smallest absolute Gasteiger partial charge is 0.161 e. The van der Waals surface area contributed by atoms with E-state index in [1.54, 1.807) is 0 Å². The number of hydrogen-bond donors (Lipinski definition) is 0. The molecular weight excluding hydrogens is 513 g/mol. The average Bonchev–Trinajstić information content (AvgIpc) is 3.25. The zero-order valence-corrected chi connectivity index (χ0v) is 24.1. The van der Waals surface area contributed by atoms with Gasteiger partial charge in [0.1, 0.15) is 8.07 Å². The van der Waals surface area contributed by atoms with Gasteiger partial charge < -0.3 is 0 Å². The van der Waals surface area contributed by atoms with Crippen molar-refractivity contribution < 1.29 is 0 Å². The van der Waals surface area contributed by atoms with Gasteiger partial charge in [0, 0.05) is 16.7 Å². The standard InChI is InChI=1S/C38H28N2Si/c1-41(2)34-24-29-16-7-6-15-28(29)23-33(34)36-37(41)35(30-19-10-18-27(22-30)25-12-4-3-5-13-25)39-38(40-36)32-21-11-17-26-14-8-9-20-31(26)32/h3-24H,1-2H3. The van der Waals surface area contributed by atoms with Crippen molar-refractivity contribution in [3.8, 4) is 45.0 Å². The van der Waals surface area contributed by atoms with Gasteiger partial charge in [0.2, 0.25) is 0 Å². The van der Waals surface area contributed by atoms with E-state index in [2.05, 4.69) is 147 Å². The third kappa shape index (κ3) is 3.77. The number of fused-ring (bicyclic) bond motifs is 5. The molecule has 0 saturated carbocycles. The molecule has 1 aliphatic rings. The maximum absolute atomic E-state index is 5.44. The summed E-state index contributed by atoms with van der Waals surface area (Å²) in [6, 6.07) is 47.9. The lowest BCUT2D eigenvalue weighted by atomic mass is 9.99. The normalized spacial score (nSPS) is 13.3. The Morgan fingerprint density at radius 2 is 1.07 bits per heavy atom. The first kappa shape index (κ1) is 24.0. The van der Waals surface area contributed by atoms with E-state index in [0.29, 0.717) is 0 Å². The lowest BCUT2D eigenvalue weighted by Gasteiger charge is -2.22. The van der Waals surface area contributed by atoms with Gasteiger partial charge in [0.15, 0.2) is 5.82 Å². The number of aromatic nitrogens is 2. The summed E-state index contributed by atoms with van der Waals surface area (Å²) in [5, 5.41) is 7.68. The van der Waals surface area contributed by atoms with E-state index < -0.39 is 8.07 Å². The quantitative estimate of drug-likeness (QED) is 0.210. The van der Waals surface area contributed by atoms with Crippen LogP contribution < -0.4 is 10.4 Å². The van der Waals surface area contributed by atoms with Crippen LogP contribution in [0.4, 0.5) is 0 Å². The molecule has 2 heterocycles. The van der Waals surface area contributed by atoms with E-state index >= 15 is 0 Å². The van der Waals surface area contributed by atoms with Crippen LogP contribution in [0.15, 0.2) is 133 Å². The second-order valence-corrected chi connectivity index (χ2v) is 15.8. The predicted octanol–water partition coefficient (Wildman–Crippen LogP) is 8.59. The summed E-state index contributed by atoms with van der Waals surface area (Å²) in [5.41, 5.74) is 8.04. The van der Waals surface area contributed by atoms with E-state index in [1.807, 2.05) is 0 Å². The van der Waals surface area contributed by atoms with Crippen LogP contribution in [0.1, 0.15) is 0 Å². The number of rotatable bonds is 3. The second-order valence-electron chi connectivity index (χ2n) is 11.5. The van der Waals surface area contributed by atoms with Gasteiger partial charge in [-0.05, 0) is 55.2 Å². The fourth-order valence-corrected chi connectivity index (χ4v) is 9.79. The summed E-state index contributed by atoms with van der Waals surface area (Å²) in [6.45, 7) is 4.91. The fourth-order valence-electron chi connectivity index (χ4n) is 6.56. The number of nitrogens with zero attached hydrogens (tertiary/aromatic N) is 2. The fraction of sp³-hybridized carbons (Fsp3) is 0.0526. The van der Waals surface area contributed by atoms with Gasteiger partial charge in [-0.1, -0.05) is 134 Å². The minimum Gasteiger partial charge on any atom is -0.228 e. The highest BCUT2D eigenvalue weighted by Gasteiger charge is 2.42. The molecule has 0 spiro atoms. The van der Waals surface area contributed by atoms with Gasteiger partial charge in [-0.15, -0.1) is 0 Å². The molecular formula is C38H28N2Si. The molecule has 7 aromatic rings. The Hall–Kier alpha value is -4.86. The zero-order valence-electron chi connectivity index (χ0n) is 23.1. The molecule has 0 unspecified atom stereocenters. The molecule has 0 fully saturated rings. The Labute approximate surface area is 241 Å². The molecule has 0 atom stereocenters. The number of benzene rings is 6. The van der Waals surface area contributed by atoms with Gasteiger partial charge >= 0.3 is 0 Å². The Morgan fingerprint density at radius 1 is 0.463 bits per heavy atom. The first-order chi connectivity index (χ1) is 20.1. The average molecular weight is 541 g/mol. The third-order valence-corrected chi connectivity index (χ3v) is 12.1. The summed E-state index contributed by atoms with van der Waals surface area (Å²) in [7, 11) is -2.13. The predicted molar refractivity (Wildman–Crippen MR) is 176 cm³/mol. The van der Waals surface area contributed by atoms with Crippen LogP contribution in [-0.4, -0.2) is 18.0 Å². The highest BCUT2D eigenvalue weighted by atomic mass is 28.3. The molecule has 0 N–H and O–H groups in total. The van der Waals surface area contributed by atoms with Crippen LogP contribution in [-0.2, 0) is 0 Å². The summed E-state index contributed by atoms with van der Waals surface area (Å²) < 4.78 is 0. The molecule has 0 amide bonds. The molecule has 0 aliphatic carbocycles. The first-order valence-electron chi connectivity index (χ1n) is 14.2. The second kappa shape index (κ2) is 9.08. The van der Waals surface area contributed by atoms with Crippen molar-refractivity contribution in [1.29, 1.82) is 0 Å². The van der Waals surface area contributed by atoms with Gasteiger partial charge in [-0.25, -0.2) is 9.97 Å². The largest absolute Gasteiger partial charge is 0.228 e. The van der Waals surface area contributed by atoms with Crippen LogP contribution in [0.3, 0.4) is 0 Å². The van der Waals surface area contributed by atoms with Crippen molar-refractivity contribution in [2.45, 2.75) is 13.1 Å². The first-order valence-corrected chi connectivity index (χ1v) is 17.2.